The zero-order chi connectivity index (χ0) is 15.2. The van der Waals surface area contributed by atoms with Crippen molar-refractivity contribution in [2.24, 2.45) is 0 Å². The van der Waals surface area contributed by atoms with Gasteiger partial charge in [-0.05, 0) is 42.6 Å². The number of halogens is 3. The minimum absolute atomic E-state index is 0.270. The van der Waals surface area contributed by atoms with Crippen molar-refractivity contribution in [1.82, 2.24) is 10.3 Å². The summed E-state index contributed by atoms with van der Waals surface area (Å²) in [6.45, 7) is 2.72. The predicted molar refractivity (Wildman–Crippen MR) is 75.3 cm³/mol. The van der Waals surface area contributed by atoms with Crippen molar-refractivity contribution in [2.75, 3.05) is 6.54 Å². The maximum atomic E-state index is 13.8. The molecule has 0 amide bonds. The Balaban J connectivity index is 2.23. The molecule has 2 rings (SSSR count). The van der Waals surface area contributed by atoms with Crippen LogP contribution in [0, 0.1) is 17.5 Å². The second-order valence-corrected chi connectivity index (χ2v) is 4.88. The fourth-order valence-electron chi connectivity index (χ4n) is 2.15. The number of pyridine rings is 1. The van der Waals surface area contributed by atoms with E-state index in [1.54, 1.807) is 6.20 Å². The molecule has 0 aliphatic carbocycles. The largest absolute Gasteiger partial charge is 0.310 e. The summed E-state index contributed by atoms with van der Waals surface area (Å²) in [7, 11) is 0. The minimum atomic E-state index is -0.610. The fraction of sp³-hybridized carbons (Fsp3) is 0.312. The first-order valence-electron chi connectivity index (χ1n) is 6.88. The molecule has 112 valence electrons. The lowest BCUT2D eigenvalue weighted by atomic mass is 9.99. The van der Waals surface area contributed by atoms with Crippen LogP contribution in [0.3, 0.4) is 0 Å². The van der Waals surface area contributed by atoms with Crippen LogP contribution in [-0.2, 0) is 6.42 Å². The molecule has 0 aliphatic rings. The minimum Gasteiger partial charge on any atom is -0.310 e. The summed E-state index contributed by atoms with van der Waals surface area (Å²) in [4.78, 5) is 3.82. The summed E-state index contributed by atoms with van der Waals surface area (Å²) in [6, 6.07) is 4.60. The summed E-state index contributed by atoms with van der Waals surface area (Å²) in [5, 5.41) is 3.24. The zero-order valence-electron chi connectivity index (χ0n) is 11.7. The topological polar surface area (TPSA) is 24.9 Å². The van der Waals surface area contributed by atoms with Gasteiger partial charge in [-0.2, -0.15) is 0 Å². The number of benzene rings is 1. The van der Waals surface area contributed by atoms with Crippen molar-refractivity contribution in [3.8, 4) is 0 Å². The Bertz CT molecular complexity index is 602. The molecule has 1 aromatic carbocycles. The summed E-state index contributed by atoms with van der Waals surface area (Å²) in [5.74, 6) is -1.64. The Morgan fingerprint density at radius 3 is 2.57 bits per heavy atom. The van der Waals surface area contributed by atoms with Gasteiger partial charge in [0.2, 0.25) is 0 Å². The average molecular weight is 294 g/mol. The van der Waals surface area contributed by atoms with Crippen LogP contribution in [-0.4, -0.2) is 11.5 Å². The number of rotatable bonds is 6. The van der Waals surface area contributed by atoms with E-state index >= 15 is 0 Å². The molecule has 0 saturated carbocycles. The molecule has 0 bridgehead atoms. The molecular weight excluding hydrogens is 277 g/mol. The lowest BCUT2D eigenvalue weighted by molar-refractivity contribution is 0.503. The van der Waals surface area contributed by atoms with Gasteiger partial charge in [0.15, 0.2) is 0 Å². The number of nitrogens with one attached hydrogen (secondary N) is 1. The lowest BCUT2D eigenvalue weighted by Gasteiger charge is -2.19. The van der Waals surface area contributed by atoms with Gasteiger partial charge in [-0.25, -0.2) is 13.2 Å². The van der Waals surface area contributed by atoms with Gasteiger partial charge in [-0.3, -0.25) is 4.98 Å². The molecular formula is C16H17F3N2. The van der Waals surface area contributed by atoms with E-state index < -0.39 is 17.5 Å². The fourth-order valence-corrected chi connectivity index (χ4v) is 2.15. The first-order valence-corrected chi connectivity index (χ1v) is 6.88. The highest BCUT2D eigenvalue weighted by Gasteiger charge is 2.15. The van der Waals surface area contributed by atoms with Crippen LogP contribution in [0.5, 0.6) is 0 Å². The molecule has 0 radical (unpaired) electrons. The van der Waals surface area contributed by atoms with Gasteiger partial charge in [0.05, 0.1) is 6.20 Å². The van der Waals surface area contributed by atoms with Crippen molar-refractivity contribution < 1.29 is 13.2 Å². The van der Waals surface area contributed by atoms with Crippen molar-refractivity contribution in [3.63, 3.8) is 0 Å². The van der Waals surface area contributed by atoms with Gasteiger partial charge in [0.25, 0.3) is 0 Å². The Morgan fingerprint density at radius 1 is 1.10 bits per heavy atom. The van der Waals surface area contributed by atoms with Gasteiger partial charge in [0, 0.05) is 18.3 Å². The van der Waals surface area contributed by atoms with E-state index in [4.69, 9.17) is 0 Å². The highest BCUT2D eigenvalue weighted by atomic mass is 19.1. The van der Waals surface area contributed by atoms with Crippen molar-refractivity contribution in [2.45, 2.75) is 25.8 Å². The monoisotopic (exact) mass is 294 g/mol. The van der Waals surface area contributed by atoms with Crippen LogP contribution in [0.25, 0.3) is 0 Å². The standard InChI is InChI=1S/C16H17F3N2/c1-2-5-21-16(12-6-14(18)10-20-9-12)7-11-3-4-13(17)8-15(11)19/h3-4,6,8-10,16,21H,2,5,7H2,1H3. The highest BCUT2D eigenvalue weighted by Crippen LogP contribution is 2.21. The molecule has 1 N–H and O–H groups in total. The first kappa shape index (κ1) is 15.5. The maximum Gasteiger partial charge on any atom is 0.141 e. The highest BCUT2D eigenvalue weighted by molar-refractivity contribution is 5.23. The molecule has 0 aliphatic heterocycles. The van der Waals surface area contributed by atoms with Gasteiger partial charge in [-0.1, -0.05) is 13.0 Å². The zero-order valence-corrected chi connectivity index (χ0v) is 11.7. The molecule has 0 fully saturated rings. The average Bonchev–Trinajstić information content (AvgIpc) is 2.45. The second-order valence-electron chi connectivity index (χ2n) is 4.88. The molecule has 1 atom stereocenters. The Morgan fingerprint density at radius 2 is 1.90 bits per heavy atom. The van der Waals surface area contributed by atoms with E-state index in [0.717, 1.165) is 18.7 Å². The molecule has 1 unspecified atom stereocenters. The van der Waals surface area contributed by atoms with Crippen LogP contribution in [0.2, 0.25) is 0 Å². The third-order valence-electron chi connectivity index (χ3n) is 3.21. The van der Waals surface area contributed by atoms with Crippen molar-refractivity contribution in [1.29, 1.82) is 0 Å². The van der Waals surface area contributed by atoms with Crippen LogP contribution < -0.4 is 5.32 Å². The van der Waals surface area contributed by atoms with E-state index in [1.807, 2.05) is 6.92 Å². The SMILES string of the molecule is CCCNC(Cc1ccc(F)cc1F)c1cncc(F)c1. The van der Waals surface area contributed by atoms with Gasteiger partial charge in [-0.15, -0.1) is 0 Å². The van der Waals surface area contributed by atoms with E-state index in [1.165, 1.54) is 18.2 Å². The number of hydrogen-bond acceptors (Lipinski definition) is 2. The lowest BCUT2D eigenvalue weighted by Crippen LogP contribution is -2.24. The van der Waals surface area contributed by atoms with E-state index in [-0.39, 0.29) is 6.04 Å². The van der Waals surface area contributed by atoms with Gasteiger partial charge in [0.1, 0.15) is 17.5 Å². The van der Waals surface area contributed by atoms with E-state index in [2.05, 4.69) is 10.3 Å². The van der Waals surface area contributed by atoms with Crippen LogP contribution in [0.1, 0.15) is 30.5 Å². The van der Waals surface area contributed by atoms with Crippen LogP contribution >= 0.6 is 0 Å². The molecule has 1 heterocycles. The summed E-state index contributed by atoms with van der Waals surface area (Å²) < 4.78 is 40.0. The van der Waals surface area contributed by atoms with Crippen LogP contribution in [0.4, 0.5) is 13.2 Å². The molecule has 2 aromatic rings. The van der Waals surface area contributed by atoms with Crippen LogP contribution in [0.15, 0.2) is 36.7 Å². The third-order valence-corrected chi connectivity index (χ3v) is 3.21. The number of aromatic nitrogens is 1. The molecule has 5 heteroatoms. The summed E-state index contributed by atoms with van der Waals surface area (Å²) >= 11 is 0. The molecule has 0 saturated heterocycles. The van der Waals surface area contributed by atoms with E-state index in [9.17, 15) is 13.2 Å². The molecule has 21 heavy (non-hydrogen) atoms. The third kappa shape index (κ3) is 4.29. The maximum absolute atomic E-state index is 13.8. The predicted octanol–water partition coefficient (Wildman–Crippen LogP) is 3.78. The molecule has 2 nitrogen and oxygen atoms in total. The second kappa shape index (κ2) is 7.22. The normalized spacial score (nSPS) is 12.4. The quantitative estimate of drug-likeness (QED) is 0.877. The smallest absolute Gasteiger partial charge is 0.141 e. The molecule has 0 spiro atoms. The Labute approximate surface area is 122 Å². The summed E-state index contributed by atoms with van der Waals surface area (Å²) in [6.07, 6.45) is 3.87. The van der Waals surface area contributed by atoms with Gasteiger partial charge >= 0.3 is 0 Å². The van der Waals surface area contributed by atoms with Gasteiger partial charge < -0.3 is 5.32 Å². The number of nitrogens with zero attached hydrogens (tertiary/aromatic N) is 1. The van der Waals surface area contributed by atoms with Crippen molar-refractivity contribution >= 4 is 0 Å². The van der Waals surface area contributed by atoms with E-state index in [0.29, 0.717) is 24.1 Å². The first-order chi connectivity index (χ1) is 10.1. The Hall–Kier alpha value is -1.88. The summed E-state index contributed by atoms with van der Waals surface area (Å²) in [5.41, 5.74) is 1.03. The molecule has 1 aromatic heterocycles. The number of hydrogen-bond donors (Lipinski definition) is 1. The van der Waals surface area contributed by atoms with Crippen molar-refractivity contribution in [3.05, 3.63) is 65.2 Å². The Kier molecular flexibility index (Phi) is 5.33.